The van der Waals surface area contributed by atoms with Crippen LogP contribution in [0.2, 0.25) is 5.02 Å². The van der Waals surface area contributed by atoms with Gasteiger partial charge in [-0.3, -0.25) is 4.79 Å². The minimum Gasteiger partial charge on any atom is -0.365 e. The highest BCUT2D eigenvalue weighted by atomic mass is 35.5. The predicted molar refractivity (Wildman–Crippen MR) is 85.5 cm³/mol. The van der Waals surface area contributed by atoms with Crippen LogP contribution in [-0.4, -0.2) is 17.2 Å². The standard InChI is InChI=1S/C18H15ClO3/c1-18(16(20)10-11-17(21)22-18)14-6-2-12(3-7-14)13-4-8-15(19)9-5-13/h2-11,17,21H,1H3/t17-,18+/m1/s1. The quantitative estimate of drug-likeness (QED) is 0.919. The van der Waals surface area contributed by atoms with E-state index in [1.165, 1.54) is 12.2 Å². The van der Waals surface area contributed by atoms with E-state index in [0.717, 1.165) is 11.1 Å². The molecule has 0 amide bonds. The molecule has 0 aromatic heterocycles. The maximum absolute atomic E-state index is 12.1. The molecule has 0 fully saturated rings. The number of aliphatic hydroxyl groups is 1. The Hall–Kier alpha value is -1.94. The lowest BCUT2D eigenvalue weighted by atomic mass is 9.88. The number of carbonyl (C=O) groups is 1. The molecule has 1 aliphatic rings. The first kappa shape index (κ1) is 15.0. The van der Waals surface area contributed by atoms with E-state index in [1.54, 1.807) is 6.92 Å². The van der Waals surface area contributed by atoms with Gasteiger partial charge >= 0.3 is 0 Å². The van der Waals surface area contributed by atoms with Crippen LogP contribution in [0.4, 0.5) is 0 Å². The van der Waals surface area contributed by atoms with Gasteiger partial charge in [0.25, 0.3) is 0 Å². The predicted octanol–water partition coefficient (Wildman–Crippen LogP) is 3.70. The molecule has 3 rings (SSSR count). The summed E-state index contributed by atoms with van der Waals surface area (Å²) in [5.41, 5.74) is 1.60. The number of ketones is 1. The van der Waals surface area contributed by atoms with E-state index in [1.807, 2.05) is 48.5 Å². The Labute approximate surface area is 133 Å². The summed E-state index contributed by atoms with van der Waals surface area (Å²) in [6.07, 6.45) is 1.63. The van der Waals surface area contributed by atoms with Gasteiger partial charge in [0.2, 0.25) is 0 Å². The summed E-state index contributed by atoms with van der Waals surface area (Å²) in [6, 6.07) is 15.1. The van der Waals surface area contributed by atoms with E-state index >= 15 is 0 Å². The average Bonchev–Trinajstić information content (AvgIpc) is 2.52. The third-order valence-electron chi connectivity index (χ3n) is 3.85. The third kappa shape index (κ3) is 2.71. The van der Waals surface area contributed by atoms with Crippen LogP contribution in [0, 0.1) is 0 Å². The number of benzene rings is 2. The smallest absolute Gasteiger partial charge is 0.191 e. The van der Waals surface area contributed by atoms with Crippen molar-refractivity contribution in [3.05, 3.63) is 71.3 Å². The first-order chi connectivity index (χ1) is 10.5. The molecule has 1 heterocycles. The largest absolute Gasteiger partial charge is 0.365 e. The zero-order valence-electron chi connectivity index (χ0n) is 12.0. The van der Waals surface area contributed by atoms with Crippen molar-refractivity contribution >= 4 is 17.4 Å². The van der Waals surface area contributed by atoms with E-state index in [0.29, 0.717) is 10.6 Å². The molecular formula is C18H15ClO3. The van der Waals surface area contributed by atoms with Crippen LogP contribution in [0.1, 0.15) is 12.5 Å². The molecule has 1 N–H and O–H groups in total. The third-order valence-corrected chi connectivity index (χ3v) is 4.10. The van der Waals surface area contributed by atoms with Gasteiger partial charge in [0.1, 0.15) is 0 Å². The number of halogens is 1. The lowest BCUT2D eigenvalue weighted by Crippen LogP contribution is -2.40. The second-order valence-electron chi connectivity index (χ2n) is 5.35. The molecule has 2 atom stereocenters. The maximum Gasteiger partial charge on any atom is 0.191 e. The molecular weight excluding hydrogens is 300 g/mol. The second kappa shape index (κ2) is 5.69. The summed E-state index contributed by atoms with van der Waals surface area (Å²) in [5.74, 6) is -0.183. The molecule has 0 unspecified atom stereocenters. The molecule has 0 aliphatic carbocycles. The van der Waals surface area contributed by atoms with Crippen molar-refractivity contribution in [1.29, 1.82) is 0 Å². The van der Waals surface area contributed by atoms with Gasteiger partial charge in [-0.15, -0.1) is 0 Å². The zero-order chi connectivity index (χ0) is 15.7. The van der Waals surface area contributed by atoms with Gasteiger partial charge in [-0.25, -0.2) is 0 Å². The molecule has 4 heteroatoms. The monoisotopic (exact) mass is 314 g/mol. The van der Waals surface area contributed by atoms with Crippen LogP contribution in [0.25, 0.3) is 11.1 Å². The minimum absolute atomic E-state index is 0.183. The lowest BCUT2D eigenvalue weighted by Gasteiger charge is -2.32. The van der Waals surface area contributed by atoms with Crippen molar-refractivity contribution in [2.45, 2.75) is 18.8 Å². The highest BCUT2D eigenvalue weighted by molar-refractivity contribution is 6.30. The summed E-state index contributed by atoms with van der Waals surface area (Å²) in [5, 5.41) is 10.3. The molecule has 112 valence electrons. The van der Waals surface area contributed by atoms with E-state index < -0.39 is 11.9 Å². The van der Waals surface area contributed by atoms with E-state index in [9.17, 15) is 9.90 Å². The summed E-state index contributed by atoms with van der Waals surface area (Å²) in [7, 11) is 0. The Morgan fingerprint density at radius 3 is 2.18 bits per heavy atom. The first-order valence-electron chi connectivity index (χ1n) is 6.94. The Kier molecular flexibility index (Phi) is 3.87. The van der Waals surface area contributed by atoms with Crippen LogP contribution in [0.5, 0.6) is 0 Å². The Balaban J connectivity index is 1.93. The molecule has 0 saturated carbocycles. The molecule has 0 radical (unpaired) electrons. The number of aliphatic hydroxyl groups excluding tert-OH is 1. The molecule has 0 spiro atoms. The zero-order valence-corrected chi connectivity index (χ0v) is 12.7. The van der Waals surface area contributed by atoms with Crippen molar-refractivity contribution in [3.63, 3.8) is 0 Å². The fourth-order valence-corrected chi connectivity index (χ4v) is 2.63. The fraction of sp³-hybridized carbons (Fsp3) is 0.167. The molecule has 22 heavy (non-hydrogen) atoms. The maximum atomic E-state index is 12.1. The van der Waals surface area contributed by atoms with Crippen molar-refractivity contribution in [2.24, 2.45) is 0 Å². The van der Waals surface area contributed by atoms with Gasteiger partial charge in [-0.05, 0) is 47.9 Å². The summed E-state index contributed by atoms with van der Waals surface area (Å²) < 4.78 is 5.44. The van der Waals surface area contributed by atoms with Crippen LogP contribution < -0.4 is 0 Å². The molecule has 1 aliphatic heterocycles. The average molecular weight is 315 g/mol. The van der Waals surface area contributed by atoms with Gasteiger partial charge in [-0.2, -0.15) is 0 Å². The van der Waals surface area contributed by atoms with Gasteiger partial charge in [0.15, 0.2) is 17.7 Å². The first-order valence-corrected chi connectivity index (χ1v) is 7.32. The number of hydrogen-bond donors (Lipinski definition) is 1. The number of hydrogen-bond acceptors (Lipinski definition) is 3. The molecule has 0 bridgehead atoms. The summed E-state index contributed by atoms with van der Waals surface area (Å²) in [6.45, 7) is 1.67. The molecule has 3 nitrogen and oxygen atoms in total. The summed E-state index contributed by atoms with van der Waals surface area (Å²) >= 11 is 5.89. The minimum atomic E-state index is -1.16. The number of ether oxygens (including phenoxy) is 1. The van der Waals surface area contributed by atoms with Crippen LogP contribution >= 0.6 is 11.6 Å². The SMILES string of the molecule is C[C@@]1(c2ccc(-c3ccc(Cl)cc3)cc2)O[C@@H](O)C=CC1=O. The van der Waals surface area contributed by atoms with Crippen LogP contribution in [0.15, 0.2) is 60.7 Å². The Morgan fingerprint density at radius 2 is 1.59 bits per heavy atom. The molecule has 0 saturated heterocycles. The van der Waals surface area contributed by atoms with E-state index in [2.05, 4.69) is 0 Å². The van der Waals surface area contributed by atoms with Gasteiger partial charge in [0.05, 0.1) is 0 Å². The normalized spacial score (nSPS) is 24.5. The molecule has 2 aromatic rings. The van der Waals surface area contributed by atoms with Gasteiger partial charge in [0, 0.05) is 5.02 Å². The van der Waals surface area contributed by atoms with Crippen molar-refractivity contribution < 1.29 is 14.6 Å². The Bertz CT molecular complexity index is 719. The Morgan fingerprint density at radius 1 is 1.05 bits per heavy atom. The van der Waals surface area contributed by atoms with Crippen LogP contribution in [-0.2, 0) is 15.1 Å². The highest BCUT2D eigenvalue weighted by Crippen LogP contribution is 2.32. The van der Waals surface area contributed by atoms with E-state index in [4.69, 9.17) is 16.3 Å². The lowest BCUT2D eigenvalue weighted by molar-refractivity contribution is -0.177. The number of rotatable bonds is 2. The fourth-order valence-electron chi connectivity index (χ4n) is 2.50. The summed E-state index contributed by atoms with van der Waals surface area (Å²) in [4.78, 5) is 12.1. The van der Waals surface area contributed by atoms with Gasteiger partial charge < -0.3 is 9.84 Å². The van der Waals surface area contributed by atoms with Crippen molar-refractivity contribution in [1.82, 2.24) is 0 Å². The molecule has 2 aromatic carbocycles. The van der Waals surface area contributed by atoms with Crippen molar-refractivity contribution in [3.8, 4) is 11.1 Å². The second-order valence-corrected chi connectivity index (χ2v) is 5.79. The van der Waals surface area contributed by atoms with Crippen molar-refractivity contribution in [2.75, 3.05) is 0 Å². The number of carbonyl (C=O) groups excluding carboxylic acids is 1. The van der Waals surface area contributed by atoms with E-state index in [-0.39, 0.29) is 5.78 Å². The highest BCUT2D eigenvalue weighted by Gasteiger charge is 2.38. The van der Waals surface area contributed by atoms with Gasteiger partial charge in [-0.1, -0.05) is 48.0 Å². The topological polar surface area (TPSA) is 46.5 Å². The van der Waals surface area contributed by atoms with Crippen LogP contribution in [0.3, 0.4) is 0 Å².